The maximum absolute atomic E-state index is 13.0. The third kappa shape index (κ3) is 3.98. The SMILES string of the molecule is COc1ccc(-c2coc3cc(OCc4cccc(Cl)c4)ccc3c2=O)cc1OC. The fraction of sp³-hybridized carbons (Fsp3) is 0.125. The van der Waals surface area contributed by atoms with E-state index in [9.17, 15) is 4.79 Å². The van der Waals surface area contributed by atoms with Gasteiger partial charge in [-0.05, 0) is 47.5 Å². The Morgan fingerprint density at radius 3 is 2.53 bits per heavy atom. The average molecular weight is 423 g/mol. The molecule has 152 valence electrons. The van der Waals surface area contributed by atoms with Gasteiger partial charge in [-0.15, -0.1) is 0 Å². The zero-order valence-corrected chi connectivity index (χ0v) is 17.2. The largest absolute Gasteiger partial charge is 0.493 e. The van der Waals surface area contributed by atoms with Gasteiger partial charge in [0.1, 0.15) is 24.2 Å². The predicted molar refractivity (Wildman–Crippen MR) is 117 cm³/mol. The first kappa shape index (κ1) is 19.9. The van der Waals surface area contributed by atoms with Gasteiger partial charge < -0.3 is 18.6 Å². The molecule has 0 amide bonds. The van der Waals surface area contributed by atoms with E-state index < -0.39 is 0 Å². The van der Waals surface area contributed by atoms with Crippen LogP contribution in [0.4, 0.5) is 0 Å². The van der Waals surface area contributed by atoms with Gasteiger partial charge >= 0.3 is 0 Å². The Bertz CT molecular complexity index is 1260. The van der Waals surface area contributed by atoms with Gasteiger partial charge in [-0.25, -0.2) is 0 Å². The first-order valence-corrected chi connectivity index (χ1v) is 9.62. The molecule has 0 aliphatic heterocycles. The molecule has 0 spiro atoms. The summed E-state index contributed by atoms with van der Waals surface area (Å²) < 4.78 is 22.1. The molecule has 4 rings (SSSR count). The highest BCUT2D eigenvalue weighted by atomic mass is 35.5. The van der Waals surface area contributed by atoms with Crippen LogP contribution in [0.1, 0.15) is 5.56 Å². The van der Waals surface area contributed by atoms with Crippen LogP contribution >= 0.6 is 11.6 Å². The lowest BCUT2D eigenvalue weighted by atomic mass is 10.0. The van der Waals surface area contributed by atoms with Crippen molar-refractivity contribution in [2.75, 3.05) is 14.2 Å². The fourth-order valence-corrected chi connectivity index (χ4v) is 3.41. The van der Waals surface area contributed by atoms with Crippen molar-refractivity contribution in [3.8, 4) is 28.4 Å². The summed E-state index contributed by atoms with van der Waals surface area (Å²) in [5.74, 6) is 1.73. The molecule has 0 N–H and O–H groups in total. The summed E-state index contributed by atoms with van der Waals surface area (Å²) in [5.41, 5.74) is 2.39. The lowest BCUT2D eigenvalue weighted by Gasteiger charge is -2.10. The summed E-state index contributed by atoms with van der Waals surface area (Å²) in [4.78, 5) is 13.0. The third-order valence-corrected chi connectivity index (χ3v) is 4.97. The van der Waals surface area contributed by atoms with Crippen LogP contribution in [-0.4, -0.2) is 14.2 Å². The molecule has 1 heterocycles. The van der Waals surface area contributed by atoms with Crippen molar-refractivity contribution in [1.29, 1.82) is 0 Å². The van der Waals surface area contributed by atoms with E-state index in [2.05, 4.69) is 0 Å². The highest BCUT2D eigenvalue weighted by molar-refractivity contribution is 6.30. The van der Waals surface area contributed by atoms with E-state index in [1.807, 2.05) is 24.3 Å². The highest BCUT2D eigenvalue weighted by Gasteiger charge is 2.13. The summed E-state index contributed by atoms with van der Waals surface area (Å²) in [5, 5.41) is 1.13. The molecule has 0 atom stereocenters. The van der Waals surface area contributed by atoms with Crippen molar-refractivity contribution in [1.82, 2.24) is 0 Å². The van der Waals surface area contributed by atoms with Crippen LogP contribution in [0, 0.1) is 0 Å². The zero-order chi connectivity index (χ0) is 21.1. The molecule has 0 aliphatic carbocycles. The molecule has 0 unspecified atom stereocenters. The van der Waals surface area contributed by atoms with Crippen LogP contribution in [0.15, 0.2) is 76.1 Å². The van der Waals surface area contributed by atoms with E-state index in [0.29, 0.717) is 51.0 Å². The molecule has 30 heavy (non-hydrogen) atoms. The normalized spacial score (nSPS) is 10.8. The van der Waals surface area contributed by atoms with E-state index in [1.165, 1.54) is 6.26 Å². The fourth-order valence-electron chi connectivity index (χ4n) is 3.19. The smallest absolute Gasteiger partial charge is 0.200 e. The Morgan fingerprint density at radius 2 is 1.77 bits per heavy atom. The molecule has 3 aromatic carbocycles. The standard InChI is InChI=1S/C24H19ClO5/c1-27-21-9-6-16(11-23(21)28-2)20-14-30-22-12-18(7-8-19(22)24(20)26)29-13-15-4-3-5-17(25)10-15/h3-12,14H,13H2,1-2H3. The van der Waals surface area contributed by atoms with Crippen molar-refractivity contribution in [2.45, 2.75) is 6.61 Å². The Hall–Kier alpha value is -3.44. The minimum absolute atomic E-state index is 0.134. The van der Waals surface area contributed by atoms with Gasteiger partial charge in [0.15, 0.2) is 16.9 Å². The van der Waals surface area contributed by atoms with Crippen molar-refractivity contribution in [3.63, 3.8) is 0 Å². The Kier molecular flexibility index (Phi) is 5.63. The first-order chi connectivity index (χ1) is 14.6. The average Bonchev–Trinajstić information content (AvgIpc) is 2.77. The van der Waals surface area contributed by atoms with Crippen molar-refractivity contribution >= 4 is 22.6 Å². The van der Waals surface area contributed by atoms with Crippen LogP contribution in [-0.2, 0) is 6.61 Å². The summed E-state index contributed by atoms with van der Waals surface area (Å²) in [6.07, 6.45) is 1.45. The maximum Gasteiger partial charge on any atom is 0.200 e. The monoisotopic (exact) mass is 422 g/mol. The van der Waals surface area contributed by atoms with Crippen LogP contribution < -0.4 is 19.6 Å². The van der Waals surface area contributed by atoms with E-state index in [1.54, 1.807) is 50.6 Å². The number of fused-ring (bicyclic) bond motifs is 1. The molecule has 0 radical (unpaired) electrons. The lowest BCUT2D eigenvalue weighted by molar-refractivity contribution is 0.306. The molecule has 0 saturated heterocycles. The third-order valence-electron chi connectivity index (χ3n) is 4.74. The lowest BCUT2D eigenvalue weighted by Crippen LogP contribution is -2.05. The maximum atomic E-state index is 13.0. The zero-order valence-electron chi connectivity index (χ0n) is 16.5. The van der Waals surface area contributed by atoms with Crippen molar-refractivity contribution in [2.24, 2.45) is 0 Å². The van der Waals surface area contributed by atoms with Gasteiger partial charge in [-0.2, -0.15) is 0 Å². The summed E-state index contributed by atoms with van der Waals surface area (Å²) in [6.45, 7) is 0.361. The van der Waals surface area contributed by atoms with E-state index in [0.717, 1.165) is 5.56 Å². The number of benzene rings is 3. The number of halogens is 1. The number of hydrogen-bond donors (Lipinski definition) is 0. The molecule has 6 heteroatoms. The molecule has 0 fully saturated rings. The summed E-state index contributed by atoms with van der Waals surface area (Å²) in [6, 6.07) is 17.9. The molecule has 0 aliphatic rings. The van der Waals surface area contributed by atoms with E-state index >= 15 is 0 Å². The van der Waals surface area contributed by atoms with Crippen LogP contribution in [0.3, 0.4) is 0 Å². The second-order valence-electron chi connectivity index (χ2n) is 6.62. The van der Waals surface area contributed by atoms with Crippen LogP contribution in [0.2, 0.25) is 5.02 Å². The van der Waals surface area contributed by atoms with Gasteiger partial charge in [0.25, 0.3) is 0 Å². The molecule has 4 aromatic rings. The van der Waals surface area contributed by atoms with Crippen molar-refractivity contribution < 1.29 is 18.6 Å². The molecule has 0 saturated carbocycles. The highest BCUT2D eigenvalue weighted by Crippen LogP contribution is 2.32. The Balaban J connectivity index is 1.64. The van der Waals surface area contributed by atoms with Gasteiger partial charge in [0.2, 0.25) is 0 Å². The molecule has 1 aromatic heterocycles. The molecule has 0 bridgehead atoms. The van der Waals surface area contributed by atoms with Crippen molar-refractivity contribution in [3.05, 3.63) is 87.7 Å². The van der Waals surface area contributed by atoms with Gasteiger partial charge in [0, 0.05) is 11.1 Å². The molecule has 5 nitrogen and oxygen atoms in total. The number of ether oxygens (including phenoxy) is 3. The van der Waals surface area contributed by atoms with Gasteiger partial charge in [-0.3, -0.25) is 4.79 Å². The summed E-state index contributed by atoms with van der Waals surface area (Å²) in [7, 11) is 3.11. The number of rotatable bonds is 6. The Morgan fingerprint density at radius 1 is 0.933 bits per heavy atom. The quantitative estimate of drug-likeness (QED) is 0.398. The minimum atomic E-state index is -0.134. The second-order valence-corrected chi connectivity index (χ2v) is 7.06. The van der Waals surface area contributed by atoms with Gasteiger partial charge in [0.05, 0.1) is 25.2 Å². The van der Waals surface area contributed by atoms with Gasteiger partial charge in [-0.1, -0.05) is 29.8 Å². The van der Waals surface area contributed by atoms with Crippen LogP contribution in [0.5, 0.6) is 17.2 Å². The van der Waals surface area contributed by atoms with Crippen LogP contribution in [0.25, 0.3) is 22.1 Å². The number of hydrogen-bond acceptors (Lipinski definition) is 5. The minimum Gasteiger partial charge on any atom is -0.493 e. The summed E-state index contributed by atoms with van der Waals surface area (Å²) >= 11 is 6.00. The number of methoxy groups -OCH3 is 2. The first-order valence-electron chi connectivity index (χ1n) is 9.24. The molecular weight excluding hydrogens is 404 g/mol. The topological polar surface area (TPSA) is 57.9 Å². The van der Waals surface area contributed by atoms with E-state index in [-0.39, 0.29) is 5.43 Å². The predicted octanol–water partition coefficient (Wildman–Crippen LogP) is 5.71. The molecular formula is C24H19ClO5. The Labute approximate surface area is 178 Å². The van der Waals surface area contributed by atoms with E-state index in [4.69, 9.17) is 30.2 Å². The second kappa shape index (κ2) is 8.51.